The molecule has 0 aliphatic rings. The summed E-state index contributed by atoms with van der Waals surface area (Å²) in [4.78, 5) is 10.6. The number of carboxylic acid groups (broad SMARTS) is 1. The predicted molar refractivity (Wildman–Crippen MR) is 108 cm³/mol. The first-order valence-corrected chi connectivity index (χ1v) is 9.18. The van der Waals surface area contributed by atoms with E-state index in [2.05, 4.69) is 5.32 Å². The Bertz CT molecular complexity index is 1100. The summed E-state index contributed by atoms with van der Waals surface area (Å²) < 4.78 is 47.3. The molecule has 3 aromatic rings. The third kappa shape index (κ3) is 4.74. The van der Waals surface area contributed by atoms with Gasteiger partial charge in [0.15, 0.2) is 18.2 Å². The Morgan fingerprint density at radius 1 is 1.07 bits per heavy atom. The van der Waals surface area contributed by atoms with Crippen molar-refractivity contribution in [2.24, 2.45) is 0 Å². The Balaban J connectivity index is 1.89. The molecule has 0 fully saturated rings. The van der Waals surface area contributed by atoms with E-state index < -0.39 is 29.9 Å². The highest BCUT2D eigenvalue weighted by molar-refractivity contribution is 5.70. The Morgan fingerprint density at radius 2 is 1.83 bits per heavy atom. The van der Waals surface area contributed by atoms with Gasteiger partial charge in [0.2, 0.25) is 0 Å². The molecule has 7 heteroatoms. The smallest absolute Gasteiger partial charge is 0.341 e. The SMILES string of the molecule is Cc1cc(CNc2c(F)ccc(OCC(=O)O)c2F)c(C)c(-c2cccc(F)c2)c1. The van der Waals surface area contributed by atoms with Gasteiger partial charge in [-0.05, 0) is 60.4 Å². The van der Waals surface area contributed by atoms with E-state index in [1.54, 1.807) is 12.1 Å². The van der Waals surface area contributed by atoms with Gasteiger partial charge in [-0.25, -0.2) is 18.0 Å². The number of ether oxygens (including phenoxy) is 1. The van der Waals surface area contributed by atoms with Crippen molar-refractivity contribution >= 4 is 11.7 Å². The van der Waals surface area contributed by atoms with Crippen LogP contribution in [0, 0.1) is 31.3 Å². The number of benzene rings is 3. The van der Waals surface area contributed by atoms with E-state index >= 15 is 0 Å². The fourth-order valence-corrected chi connectivity index (χ4v) is 3.20. The van der Waals surface area contributed by atoms with E-state index in [-0.39, 0.29) is 18.1 Å². The van der Waals surface area contributed by atoms with Gasteiger partial charge < -0.3 is 15.2 Å². The number of anilines is 1. The molecule has 2 N–H and O–H groups in total. The number of hydrogen-bond acceptors (Lipinski definition) is 3. The van der Waals surface area contributed by atoms with Gasteiger partial charge in [0.25, 0.3) is 0 Å². The molecule has 0 aliphatic carbocycles. The molecule has 0 unspecified atom stereocenters. The fourth-order valence-electron chi connectivity index (χ4n) is 3.20. The summed E-state index contributed by atoms with van der Waals surface area (Å²) in [5.74, 6) is -3.82. The van der Waals surface area contributed by atoms with Crippen molar-refractivity contribution in [2.75, 3.05) is 11.9 Å². The molecular weight excluding hydrogens is 395 g/mol. The first kappa shape index (κ1) is 21.2. The number of aryl methyl sites for hydroxylation is 1. The highest BCUT2D eigenvalue weighted by Gasteiger charge is 2.16. The van der Waals surface area contributed by atoms with Crippen molar-refractivity contribution in [1.82, 2.24) is 0 Å². The molecular formula is C23H20F3NO3. The molecule has 0 bridgehead atoms. The Labute approximate surface area is 171 Å². The minimum atomic E-state index is -1.27. The summed E-state index contributed by atoms with van der Waals surface area (Å²) in [6, 6.07) is 12.1. The van der Waals surface area contributed by atoms with Gasteiger partial charge in [-0.1, -0.05) is 29.8 Å². The number of carboxylic acids is 1. The maximum Gasteiger partial charge on any atom is 0.341 e. The molecule has 0 atom stereocenters. The minimum absolute atomic E-state index is 0.103. The van der Waals surface area contributed by atoms with Crippen molar-refractivity contribution in [3.05, 3.63) is 82.7 Å². The first-order valence-electron chi connectivity index (χ1n) is 9.18. The van der Waals surface area contributed by atoms with Gasteiger partial charge in [-0.2, -0.15) is 0 Å². The Kier molecular flexibility index (Phi) is 6.30. The first-order chi connectivity index (χ1) is 14.3. The quantitative estimate of drug-likeness (QED) is 0.538. The largest absolute Gasteiger partial charge is 0.479 e. The number of halogens is 3. The van der Waals surface area contributed by atoms with Crippen LogP contribution in [0.25, 0.3) is 11.1 Å². The lowest BCUT2D eigenvalue weighted by molar-refractivity contribution is -0.139. The average Bonchev–Trinajstić information content (AvgIpc) is 2.69. The second kappa shape index (κ2) is 8.90. The standard InChI is InChI=1S/C23H20F3NO3/c1-13-8-16(14(2)18(9-13)15-4-3-5-17(24)10-15)11-27-23-19(25)6-7-20(22(23)26)30-12-21(28)29/h3-10,27H,11-12H2,1-2H3,(H,28,29). The topological polar surface area (TPSA) is 58.6 Å². The zero-order valence-electron chi connectivity index (χ0n) is 16.4. The second-order valence-corrected chi connectivity index (χ2v) is 6.88. The van der Waals surface area contributed by atoms with Crippen molar-refractivity contribution in [2.45, 2.75) is 20.4 Å². The molecule has 3 aromatic carbocycles. The zero-order chi connectivity index (χ0) is 21.8. The predicted octanol–water partition coefficient (Wildman–Crippen LogP) is 5.46. The van der Waals surface area contributed by atoms with Gasteiger partial charge in [0.1, 0.15) is 17.3 Å². The summed E-state index contributed by atoms with van der Waals surface area (Å²) in [5, 5.41) is 11.4. The van der Waals surface area contributed by atoms with Crippen LogP contribution < -0.4 is 10.1 Å². The third-order valence-electron chi connectivity index (χ3n) is 4.66. The van der Waals surface area contributed by atoms with E-state index in [1.165, 1.54) is 12.1 Å². The van der Waals surface area contributed by atoms with Crippen LogP contribution in [0.1, 0.15) is 16.7 Å². The van der Waals surface area contributed by atoms with E-state index in [0.717, 1.165) is 34.4 Å². The molecule has 0 saturated carbocycles. The average molecular weight is 415 g/mol. The molecule has 0 radical (unpaired) electrons. The third-order valence-corrected chi connectivity index (χ3v) is 4.66. The van der Waals surface area contributed by atoms with Crippen LogP contribution in [-0.4, -0.2) is 17.7 Å². The van der Waals surface area contributed by atoms with Gasteiger partial charge in [0, 0.05) is 6.54 Å². The van der Waals surface area contributed by atoms with Crippen molar-refractivity contribution in [3.8, 4) is 16.9 Å². The van der Waals surface area contributed by atoms with Gasteiger partial charge in [0.05, 0.1) is 0 Å². The molecule has 30 heavy (non-hydrogen) atoms. The minimum Gasteiger partial charge on any atom is -0.479 e. The number of nitrogens with one attached hydrogen (secondary N) is 1. The van der Waals surface area contributed by atoms with Crippen molar-refractivity contribution in [1.29, 1.82) is 0 Å². The molecule has 0 aromatic heterocycles. The van der Waals surface area contributed by atoms with E-state index in [1.807, 2.05) is 26.0 Å². The normalized spacial score (nSPS) is 10.7. The van der Waals surface area contributed by atoms with E-state index in [9.17, 15) is 18.0 Å². The summed E-state index contributed by atoms with van der Waals surface area (Å²) in [6.45, 7) is 3.10. The summed E-state index contributed by atoms with van der Waals surface area (Å²) in [6.07, 6.45) is 0. The highest BCUT2D eigenvalue weighted by Crippen LogP contribution is 2.31. The Hall–Kier alpha value is -3.48. The van der Waals surface area contributed by atoms with Gasteiger partial charge in [-0.3, -0.25) is 0 Å². The maximum absolute atomic E-state index is 14.6. The highest BCUT2D eigenvalue weighted by atomic mass is 19.1. The lowest BCUT2D eigenvalue weighted by Crippen LogP contribution is -2.12. The summed E-state index contributed by atoms with van der Waals surface area (Å²) >= 11 is 0. The Morgan fingerprint density at radius 3 is 2.53 bits per heavy atom. The van der Waals surface area contributed by atoms with Crippen LogP contribution in [0.15, 0.2) is 48.5 Å². The van der Waals surface area contributed by atoms with Gasteiger partial charge >= 0.3 is 5.97 Å². The lowest BCUT2D eigenvalue weighted by atomic mass is 9.94. The van der Waals surface area contributed by atoms with Gasteiger partial charge in [-0.15, -0.1) is 0 Å². The second-order valence-electron chi connectivity index (χ2n) is 6.88. The molecule has 0 spiro atoms. The molecule has 0 saturated heterocycles. The van der Waals surface area contributed by atoms with Crippen molar-refractivity contribution < 1.29 is 27.8 Å². The number of carbonyl (C=O) groups is 1. The summed E-state index contributed by atoms with van der Waals surface area (Å²) in [7, 11) is 0. The van der Waals surface area contributed by atoms with Crippen LogP contribution >= 0.6 is 0 Å². The zero-order valence-corrected chi connectivity index (χ0v) is 16.4. The summed E-state index contributed by atoms with van der Waals surface area (Å²) in [5.41, 5.74) is 3.66. The number of hydrogen-bond donors (Lipinski definition) is 2. The molecule has 156 valence electrons. The molecule has 3 rings (SSSR count). The lowest BCUT2D eigenvalue weighted by Gasteiger charge is -2.16. The van der Waals surface area contributed by atoms with Crippen LogP contribution in [0.4, 0.5) is 18.9 Å². The van der Waals surface area contributed by atoms with Crippen LogP contribution in [0.2, 0.25) is 0 Å². The molecule has 4 nitrogen and oxygen atoms in total. The molecule has 0 heterocycles. The van der Waals surface area contributed by atoms with Crippen LogP contribution in [0.5, 0.6) is 5.75 Å². The van der Waals surface area contributed by atoms with E-state index in [4.69, 9.17) is 9.84 Å². The fraction of sp³-hybridized carbons (Fsp3) is 0.174. The van der Waals surface area contributed by atoms with E-state index in [0.29, 0.717) is 5.56 Å². The monoisotopic (exact) mass is 415 g/mol. The number of rotatable bonds is 7. The van der Waals surface area contributed by atoms with Crippen LogP contribution in [0.3, 0.4) is 0 Å². The van der Waals surface area contributed by atoms with Crippen LogP contribution in [-0.2, 0) is 11.3 Å². The molecule has 0 amide bonds. The van der Waals surface area contributed by atoms with Crippen molar-refractivity contribution in [3.63, 3.8) is 0 Å². The maximum atomic E-state index is 14.6. The number of aliphatic carboxylic acids is 1. The molecule has 0 aliphatic heterocycles.